The summed E-state index contributed by atoms with van der Waals surface area (Å²) in [6.45, 7) is 0. The van der Waals surface area contributed by atoms with Gasteiger partial charge in [-0.2, -0.15) is 5.10 Å². The van der Waals surface area contributed by atoms with E-state index in [4.69, 9.17) is 5.73 Å². The highest BCUT2D eigenvalue weighted by atomic mass is 19.1. The molecule has 0 spiro atoms. The Bertz CT molecular complexity index is 807. The van der Waals surface area contributed by atoms with Crippen molar-refractivity contribution >= 4 is 11.8 Å². The van der Waals surface area contributed by atoms with Crippen LogP contribution >= 0.6 is 0 Å². The van der Waals surface area contributed by atoms with Crippen LogP contribution in [0.15, 0.2) is 30.3 Å². The van der Waals surface area contributed by atoms with E-state index in [2.05, 4.69) is 5.10 Å². The lowest BCUT2D eigenvalue weighted by atomic mass is 9.94. The molecule has 6 nitrogen and oxygen atoms in total. The van der Waals surface area contributed by atoms with E-state index in [1.165, 1.54) is 17.0 Å². The molecule has 0 saturated heterocycles. The molecule has 1 aromatic heterocycles. The number of amides is 2. The molecule has 2 N–H and O–H groups in total. The van der Waals surface area contributed by atoms with Gasteiger partial charge in [0.2, 0.25) is 5.91 Å². The number of hydrogen-bond acceptors (Lipinski definition) is 3. The van der Waals surface area contributed by atoms with Gasteiger partial charge in [-0.3, -0.25) is 14.3 Å². The molecule has 3 rings (SSSR count). The topological polar surface area (TPSA) is 81.2 Å². The summed E-state index contributed by atoms with van der Waals surface area (Å²) in [7, 11) is 3.32. The molecule has 2 aromatic rings. The molecule has 0 bridgehead atoms. The van der Waals surface area contributed by atoms with Crippen molar-refractivity contribution in [3.63, 3.8) is 0 Å². The molecule has 0 atom stereocenters. The third kappa shape index (κ3) is 2.90. The molecule has 0 radical (unpaired) electrons. The first kappa shape index (κ1) is 17.1. The Morgan fingerprint density at radius 3 is 2.40 bits per heavy atom. The predicted molar refractivity (Wildman–Crippen MR) is 91.1 cm³/mol. The van der Waals surface area contributed by atoms with Gasteiger partial charge in [0.25, 0.3) is 5.91 Å². The number of aryl methyl sites for hydroxylation is 1. The number of rotatable bonds is 4. The fourth-order valence-corrected chi connectivity index (χ4v) is 3.54. The van der Waals surface area contributed by atoms with Crippen LogP contribution in [0.2, 0.25) is 0 Å². The van der Waals surface area contributed by atoms with E-state index in [0.717, 1.165) is 18.4 Å². The molecule has 1 fully saturated rings. The van der Waals surface area contributed by atoms with Gasteiger partial charge in [0, 0.05) is 14.1 Å². The molecule has 2 amide bonds. The molecule has 25 heavy (non-hydrogen) atoms. The first-order chi connectivity index (χ1) is 11.8. The van der Waals surface area contributed by atoms with E-state index < -0.39 is 11.4 Å². The molecule has 132 valence electrons. The minimum Gasteiger partial charge on any atom is -0.368 e. The highest BCUT2D eigenvalue weighted by Crippen LogP contribution is 2.35. The van der Waals surface area contributed by atoms with Crippen molar-refractivity contribution in [1.82, 2.24) is 14.7 Å². The summed E-state index contributed by atoms with van der Waals surface area (Å²) in [4.78, 5) is 26.3. The van der Waals surface area contributed by atoms with E-state index >= 15 is 0 Å². The van der Waals surface area contributed by atoms with Gasteiger partial charge in [0.15, 0.2) is 5.69 Å². The van der Waals surface area contributed by atoms with Gasteiger partial charge in [0.1, 0.15) is 11.4 Å². The summed E-state index contributed by atoms with van der Waals surface area (Å²) >= 11 is 0. The molecule has 1 heterocycles. The first-order valence-electron chi connectivity index (χ1n) is 8.23. The molecule has 1 saturated carbocycles. The van der Waals surface area contributed by atoms with Crippen LogP contribution in [0.3, 0.4) is 0 Å². The van der Waals surface area contributed by atoms with E-state index in [9.17, 15) is 14.0 Å². The van der Waals surface area contributed by atoms with Crippen molar-refractivity contribution in [2.45, 2.75) is 31.2 Å². The second kappa shape index (κ2) is 6.31. The minimum atomic E-state index is -0.940. The monoisotopic (exact) mass is 344 g/mol. The third-order valence-electron chi connectivity index (χ3n) is 5.07. The van der Waals surface area contributed by atoms with Gasteiger partial charge < -0.3 is 10.6 Å². The molecule has 1 aromatic carbocycles. The number of primary amides is 1. The zero-order valence-electron chi connectivity index (χ0n) is 14.3. The van der Waals surface area contributed by atoms with Crippen molar-refractivity contribution in [2.75, 3.05) is 7.05 Å². The molecule has 0 unspecified atom stereocenters. The van der Waals surface area contributed by atoms with Crippen LogP contribution in [0.4, 0.5) is 4.39 Å². The van der Waals surface area contributed by atoms with E-state index in [1.54, 1.807) is 37.0 Å². The maximum Gasteiger partial charge on any atom is 0.275 e. The number of hydrogen-bond donors (Lipinski definition) is 1. The average molecular weight is 344 g/mol. The van der Waals surface area contributed by atoms with Crippen molar-refractivity contribution < 1.29 is 14.0 Å². The molecular formula is C18H21FN4O2. The van der Waals surface area contributed by atoms with Crippen molar-refractivity contribution in [3.8, 4) is 11.3 Å². The van der Waals surface area contributed by atoms with Gasteiger partial charge in [-0.1, -0.05) is 12.8 Å². The predicted octanol–water partition coefficient (Wildman–Crippen LogP) is 2.10. The Hall–Kier alpha value is -2.70. The lowest BCUT2D eigenvalue weighted by Crippen LogP contribution is -2.56. The van der Waals surface area contributed by atoms with Gasteiger partial charge in [-0.25, -0.2) is 4.39 Å². The molecule has 1 aliphatic rings. The molecule has 7 heteroatoms. The van der Waals surface area contributed by atoms with E-state index in [1.807, 2.05) is 0 Å². The number of nitrogens with two attached hydrogens (primary N) is 1. The fourth-order valence-electron chi connectivity index (χ4n) is 3.54. The highest BCUT2D eigenvalue weighted by Gasteiger charge is 2.46. The Morgan fingerprint density at radius 1 is 1.24 bits per heavy atom. The summed E-state index contributed by atoms with van der Waals surface area (Å²) in [6.07, 6.45) is 2.87. The largest absolute Gasteiger partial charge is 0.368 e. The average Bonchev–Trinajstić information content (AvgIpc) is 3.22. The summed E-state index contributed by atoms with van der Waals surface area (Å²) in [5, 5.41) is 4.27. The van der Waals surface area contributed by atoms with Crippen molar-refractivity contribution in [2.24, 2.45) is 12.8 Å². The minimum absolute atomic E-state index is 0.233. The Labute approximate surface area is 145 Å². The lowest BCUT2D eigenvalue weighted by Gasteiger charge is -2.35. The summed E-state index contributed by atoms with van der Waals surface area (Å²) in [6, 6.07) is 7.63. The van der Waals surface area contributed by atoms with Crippen LogP contribution in [-0.2, 0) is 11.8 Å². The van der Waals surface area contributed by atoms with Crippen LogP contribution in [-0.4, -0.2) is 39.1 Å². The second-order valence-corrected chi connectivity index (χ2v) is 6.51. The fraction of sp³-hybridized carbons (Fsp3) is 0.389. The quantitative estimate of drug-likeness (QED) is 0.922. The normalized spacial score (nSPS) is 16.0. The van der Waals surface area contributed by atoms with Gasteiger partial charge in [0.05, 0.1) is 5.69 Å². The molecular weight excluding hydrogens is 323 g/mol. The Balaban J connectivity index is 1.92. The number of likely N-dealkylation sites (N-methyl/N-ethyl adjacent to an activating group) is 1. The van der Waals surface area contributed by atoms with E-state index in [0.29, 0.717) is 18.5 Å². The number of carbonyl (C=O) groups is 2. The number of nitrogens with zero attached hydrogens (tertiary/aromatic N) is 3. The van der Waals surface area contributed by atoms with Crippen LogP contribution in [0.1, 0.15) is 36.2 Å². The molecule has 0 aliphatic heterocycles. The SMILES string of the molecule is CN(C(=O)c1cc(-c2ccc(F)cc2)n(C)n1)C1(C(N)=O)CCCC1. The summed E-state index contributed by atoms with van der Waals surface area (Å²) in [5.41, 5.74) is 6.33. The lowest BCUT2D eigenvalue weighted by molar-refractivity contribution is -0.127. The zero-order valence-corrected chi connectivity index (χ0v) is 14.3. The summed E-state index contributed by atoms with van der Waals surface area (Å²) in [5.74, 6) is -1.15. The number of benzene rings is 1. The van der Waals surface area contributed by atoms with Gasteiger partial charge in [-0.15, -0.1) is 0 Å². The smallest absolute Gasteiger partial charge is 0.275 e. The number of halogens is 1. The number of aromatic nitrogens is 2. The third-order valence-corrected chi connectivity index (χ3v) is 5.07. The standard InChI is InChI=1S/C18H21FN4O2/c1-22(18(17(20)25)9-3-4-10-18)16(24)14-11-15(23(2)21-14)12-5-7-13(19)8-6-12/h5-8,11H,3-4,9-10H2,1-2H3,(H2,20,25). The van der Waals surface area contributed by atoms with Crippen LogP contribution in [0, 0.1) is 5.82 Å². The van der Waals surface area contributed by atoms with Crippen molar-refractivity contribution in [3.05, 3.63) is 41.8 Å². The maximum atomic E-state index is 13.1. The first-order valence-corrected chi connectivity index (χ1v) is 8.23. The van der Waals surface area contributed by atoms with Gasteiger partial charge in [-0.05, 0) is 48.7 Å². The Kier molecular flexibility index (Phi) is 4.32. The Morgan fingerprint density at radius 2 is 1.84 bits per heavy atom. The number of carbonyl (C=O) groups excluding carboxylic acids is 2. The van der Waals surface area contributed by atoms with E-state index in [-0.39, 0.29) is 17.4 Å². The van der Waals surface area contributed by atoms with Crippen LogP contribution in [0.5, 0.6) is 0 Å². The second-order valence-electron chi connectivity index (χ2n) is 6.51. The van der Waals surface area contributed by atoms with Crippen molar-refractivity contribution in [1.29, 1.82) is 0 Å². The zero-order chi connectivity index (χ0) is 18.2. The van der Waals surface area contributed by atoms with Crippen LogP contribution in [0.25, 0.3) is 11.3 Å². The molecule has 1 aliphatic carbocycles. The van der Waals surface area contributed by atoms with Crippen LogP contribution < -0.4 is 5.73 Å². The summed E-state index contributed by atoms with van der Waals surface area (Å²) < 4.78 is 14.7. The maximum absolute atomic E-state index is 13.1. The highest BCUT2D eigenvalue weighted by molar-refractivity contribution is 5.98. The van der Waals surface area contributed by atoms with Gasteiger partial charge >= 0.3 is 0 Å².